The number of aliphatic hydroxyl groups excluding tert-OH is 4. The third kappa shape index (κ3) is 3.63. The summed E-state index contributed by atoms with van der Waals surface area (Å²) in [5, 5.41) is 38.0. The van der Waals surface area contributed by atoms with E-state index in [9.17, 15) is 15.3 Å². The van der Waals surface area contributed by atoms with E-state index in [2.05, 4.69) is 0 Å². The molecule has 7 nitrogen and oxygen atoms in total. The predicted octanol–water partition coefficient (Wildman–Crippen LogP) is -1.63. The highest BCUT2D eigenvalue weighted by Crippen LogP contribution is 2.23. The summed E-state index contributed by atoms with van der Waals surface area (Å²) in [6.45, 7) is 0.496. The molecular weight excluding hydrogens is 256 g/mol. The third-order valence-corrected chi connectivity index (χ3v) is 3.57. The molecule has 0 amide bonds. The van der Waals surface area contributed by atoms with Crippen LogP contribution >= 0.6 is 0 Å². The van der Waals surface area contributed by atoms with Crippen molar-refractivity contribution in [3.8, 4) is 0 Å². The molecule has 2 aliphatic rings. The predicted molar refractivity (Wildman–Crippen MR) is 63.3 cm³/mol. The van der Waals surface area contributed by atoms with E-state index in [0.717, 1.165) is 19.3 Å². The van der Waals surface area contributed by atoms with Gasteiger partial charge in [-0.2, -0.15) is 0 Å². The number of hydrogen-bond donors (Lipinski definition) is 4. The van der Waals surface area contributed by atoms with Crippen molar-refractivity contribution >= 4 is 0 Å². The minimum absolute atomic E-state index is 0.0406. The van der Waals surface area contributed by atoms with Gasteiger partial charge >= 0.3 is 0 Å². The second-order valence-electron chi connectivity index (χ2n) is 5.02. The normalized spacial score (nSPS) is 44.2. The Bertz CT molecular complexity index is 267. The molecule has 19 heavy (non-hydrogen) atoms. The molecule has 0 bridgehead atoms. The van der Waals surface area contributed by atoms with Crippen LogP contribution in [0.3, 0.4) is 0 Å². The summed E-state index contributed by atoms with van der Waals surface area (Å²) in [5.41, 5.74) is 0. The van der Waals surface area contributed by atoms with E-state index in [1.165, 1.54) is 0 Å². The van der Waals surface area contributed by atoms with Gasteiger partial charge in [0.2, 0.25) is 0 Å². The molecule has 2 heterocycles. The van der Waals surface area contributed by atoms with E-state index in [4.69, 9.17) is 19.3 Å². The standard InChI is InChI=1S/C12H22O7/c13-5-8-9(14)10(15)11(16)12(19-8)18-6-7-3-1-2-4-17-7/h7-16H,1-6H2/t7?,8-,9+,10+,11-,12+/m1/s1. The minimum Gasteiger partial charge on any atom is -0.394 e. The van der Waals surface area contributed by atoms with Crippen molar-refractivity contribution in [1.29, 1.82) is 0 Å². The van der Waals surface area contributed by atoms with E-state index >= 15 is 0 Å². The fraction of sp³-hybridized carbons (Fsp3) is 1.00. The number of aliphatic hydroxyl groups is 4. The monoisotopic (exact) mass is 278 g/mol. The molecule has 2 fully saturated rings. The maximum Gasteiger partial charge on any atom is 0.186 e. The van der Waals surface area contributed by atoms with Gasteiger partial charge in [0.25, 0.3) is 0 Å². The quantitative estimate of drug-likeness (QED) is 0.489. The van der Waals surface area contributed by atoms with Gasteiger partial charge in [0, 0.05) is 6.61 Å². The molecule has 6 atom stereocenters. The molecule has 0 aromatic carbocycles. The van der Waals surface area contributed by atoms with Crippen molar-refractivity contribution in [3.63, 3.8) is 0 Å². The van der Waals surface area contributed by atoms with Crippen LogP contribution in [0.15, 0.2) is 0 Å². The lowest BCUT2D eigenvalue weighted by molar-refractivity contribution is -0.305. The van der Waals surface area contributed by atoms with E-state index < -0.39 is 37.3 Å². The summed E-state index contributed by atoms with van der Waals surface area (Å²) in [7, 11) is 0. The van der Waals surface area contributed by atoms with Gasteiger partial charge in [-0.15, -0.1) is 0 Å². The highest BCUT2D eigenvalue weighted by Gasteiger charge is 2.44. The van der Waals surface area contributed by atoms with Crippen molar-refractivity contribution in [1.82, 2.24) is 0 Å². The molecule has 112 valence electrons. The molecule has 2 saturated heterocycles. The summed E-state index contributed by atoms with van der Waals surface area (Å²) in [5.74, 6) is 0. The second-order valence-corrected chi connectivity index (χ2v) is 5.02. The summed E-state index contributed by atoms with van der Waals surface area (Å²) in [4.78, 5) is 0. The number of hydrogen-bond acceptors (Lipinski definition) is 7. The van der Waals surface area contributed by atoms with Gasteiger partial charge in [0.05, 0.1) is 19.3 Å². The average Bonchev–Trinajstić information content (AvgIpc) is 2.45. The summed E-state index contributed by atoms with van der Waals surface area (Å²) in [6, 6.07) is 0. The van der Waals surface area contributed by atoms with Crippen LogP contribution in [-0.2, 0) is 14.2 Å². The van der Waals surface area contributed by atoms with Gasteiger partial charge < -0.3 is 34.6 Å². The maximum absolute atomic E-state index is 9.77. The largest absolute Gasteiger partial charge is 0.394 e. The Balaban J connectivity index is 1.84. The zero-order valence-corrected chi connectivity index (χ0v) is 10.7. The van der Waals surface area contributed by atoms with Crippen LogP contribution in [0.2, 0.25) is 0 Å². The van der Waals surface area contributed by atoms with Crippen LogP contribution in [0.1, 0.15) is 19.3 Å². The molecule has 0 aliphatic carbocycles. The highest BCUT2D eigenvalue weighted by atomic mass is 16.7. The van der Waals surface area contributed by atoms with E-state index in [1.807, 2.05) is 0 Å². The van der Waals surface area contributed by atoms with Gasteiger partial charge in [0.15, 0.2) is 6.29 Å². The van der Waals surface area contributed by atoms with Crippen LogP contribution < -0.4 is 0 Å². The van der Waals surface area contributed by atoms with Crippen molar-refractivity contribution in [3.05, 3.63) is 0 Å². The molecule has 2 rings (SSSR count). The molecule has 1 unspecified atom stereocenters. The molecule has 2 aliphatic heterocycles. The Morgan fingerprint density at radius 3 is 2.47 bits per heavy atom. The van der Waals surface area contributed by atoms with Crippen LogP contribution in [0.4, 0.5) is 0 Å². The van der Waals surface area contributed by atoms with Gasteiger partial charge in [0.1, 0.15) is 24.4 Å². The molecule has 0 spiro atoms. The second kappa shape index (κ2) is 6.94. The first-order valence-electron chi connectivity index (χ1n) is 6.67. The van der Waals surface area contributed by atoms with Crippen LogP contribution in [0, 0.1) is 0 Å². The smallest absolute Gasteiger partial charge is 0.186 e. The van der Waals surface area contributed by atoms with Crippen molar-refractivity contribution in [2.24, 2.45) is 0 Å². The van der Waals surface area contributed by atoms with Crippen LogP contribution in [-0.4, -0.2) is 77.1 Å². The van der Waals surface area contributed by atoms with Crippen molar-refractivity contribution in [2.75, 3.05) is 19.8 Å². The number of ether oxygens (including phenoxy) is 3. The maximum atomic E-state index is 9.77. The van der Waals surface area contributed by atoms with E-state index in [0.29, 0.717) is 6.61 Å². The van der Waals surface area contributed by atoms with Crippen LogP contribution in [0.25, 0.3) is 0 Å². The van der Waals surface area contributed by atoms with Gasteiger partial charge in [-0.3, -0.25) is 0 Å². The lowest BCUT2D eigenvalue weighted by atomic mass is 9.99. The fourth-order valence-electron chi connectivity index (χ4n) is 2.35. The Morgan fingerprint density at radius 1 is 1.05 bits per heavy atom. The Kier molecular flexibility index (Phi) is 5.52. The average molecular weight is 278 g/mol. The lowest BCUT2D eigenvalue weighted by Gasteiger charge is -2.40. The van der Waals surface area contributed by atoms with Gasteiger partial charge in [-0.05, 0) is 19.3 Å². The van der Waals surface area contributed by atoms with Gasteiger partial charge in [-0.25, -0.2) is 0 Å². The number of rotatable bonds is 4. The lowest BCUT2D eigenvalue weighted by Crippen LogP contribution is -2.59. The topological polar surface area (TPSA) is 109 Å². The minimum atomic E-state index is -1.40. The van der Waals surface area contributed by atoms with E-state index in [1.54, 1.807) is 0 Å². The van der Waals surface area contributed by atoms with Gasteiger partial charge in [-0.1, -0.05) is 0 Å². The fourth-order valence-corrected chi connectivity index (χ4v) is 2.35. The molecule has 7 heteroatoms. The molecule has 0 radical (unpaired) electrons. The highest BCUT2D eigenvalue weighted by molar-refractivity contribution is 4.89. The summed E-state index contributed by atoms with van der Waals surface area (Å²) in [6.07, 6.45) is -3.15. The summed E-state index contributed by atoms with van der Waals surface area (Å²) >= 11 is 0. The molecule has 0 saturated carbocycles. The summed E-state index contributed by atoms with van der Waals surface area (Å²) < 4.78 is 16.1. The Morgan fingerprint density at radius 2 is 1.84 bits per heavy atom. The van der Waals surface area contributed by atoms with Crippen LogP contribution in [0.5, 0.6) is 0 Å². The van der Waals surface area contributed by atoms with Crippen molar-refractivity contribution < 1.29 is 34.6 Å². The zero-order valence-electron chi connectivity index (χ0n) is 10.7. The first-order valence-corrected chi connectivity index (χ1v) is 6.67. The van der Waals surface area contributed by atoms with Crippen molar-refractivity contribution in [2.45, 2.75) is 56.1 Å². The molecule has 0 aromatic rings. The Hall–Kier alpha value is -0.280. The molecule has 4 N–H and O–H groups in total. The third-order valence-electron chi connectivity index (χ3n) is 3.57. The van der Waals surface area contributed by atoms with E-state index in [-0.39, 0.29) is 12.7 Å². The Labute approximate surface area is 111 Å². The zero-order chi connectivity index (χ0) is 13.8. The first-order chi connectivity index (χ1) is 9.13. The molecular formula is C12H22O7. The first kappa shape index (κ1) is 15.1. The molecule has 0 aromatic heterocycles. The SMILES string of the molecule is OC[C@H]1O[C@H](OCC2CCCCO2)[C@H](O)[C@@H](O)[C@H]1O.